The summed E-state index contributed by atoms with van der Waals surface area (Å²) in [7, 11) is 0. The molecule has 0 spiro atoms. The van der Waals surface area contributed by atoms with Gasteiger partial charge in [0, 0.05) is 6.04 Å². The number of carboxylic acid groups (broad SMARTS) is 1. The lowest BCUT2D eigenvalue weighted by atomic mass is 9.81. The summed E-state index contributed by atoms with van der Waals surface area (Å²) in [5.74, 6) is -1.12. The number of aliphatic carboxylic acids is 1. The molecule has 0 unspecified atom stereocenters. The fraction of sp³-hybridized carbons (Fsp3) is 0.529. The van der Waals surface area contributed by atoms with Gasteiger partial charge in [0.15, 0.2) is 0 Å². The Bertz CT molecular complexity index is 551. The van der Waals surface area contributed by atoms with Crippen molar-refractivity contribution >= 4 is 11.9 Å². The molecular formula is C17H23NO3. The average Bonchev–Trinajstić information content (AvgIpc) is 2.87. The molecule has 1 amide bonds. The van der Waals surface area contributed by atoms with Crippen LogP contribution in [0.5, 0.6) is 0 Å². The first-order valence-corrected chi connectivity index (χ1v) is 7.42. The molecule has 2 atom stereocenters. The van der Waals surface area contributed by atoms with Crippen molar-refractivity contribution in [2.75, 3.05) is 0 Å². The van der Waals surface area contributed by atoms with Crippen LogP contribution in [0.3, 0.4) is 0 Å². The van der Waals surface area contributed by atoms with E-state index >= 15 is 0 Å². The second-order valence-corrected chi connectivity index (χ2v) is 6.46. The van der Waals surface area contributed by atoms with Crippen LogP contribution in [0.4, 0.5) is 0 Å². The van der Waals surface area contributed by atoms with Gasteiger partial charge in [-0.05, 0) is 51.2 Å². The largest absolute Gasteiger partial charge is 0.481 e. The Kier molecular flexibility index (Phi) is 4.35. The molecule has 0 heterocycles. The van der Waals surface area contributed by atoms with Gasteiger partial charge in [-0.3, -0.25) is 9.59 Å². The molecule has 0 aliphatic heterocycles. The molecule has 1 aromatic carbocycles. The highest BCUT2D eigenvalue weighted by Crippen LogP contribution is 2.29. The van der Waals surface area contributed by atoms with E-state index in [0.717, 1.165) is 17.5 Å². The topological polar surface area (TPSA) is 66.4 Å². The molecular weight excluding hydrogens is 266 g/mol. The van der Waals surface area contributed by atoms with Crippen molar-refractivity contribution in [1.29, 1.82) is 0 Å². The monoisotopic (exact) mass is 289 g/mol. The summed E-state index contributed by atoms with van der Waals surface area (Å²) in [6.45, 7) is 5.82. The Balaban J connectivity index is 2.06. The fourth-order valence-corrected chi connectivity index (χ4v) is 3.10. The van der Waals surface area contributed by atoms with Crippen molar-refractivity contribution < 1.29 is 14.7 Å². The Morgan fingerprint density at radius 2 is 1.90 bits per heavy atom. The van der Waals surface area contributed by atoms with Gasteiger partial charge >= 0.3 is 5.97 Å². The summed E-state index contributed by atoms with van der Waals surface area (Å²) in [5.41, 5.74) is 1.48. The Labute approximate surface area is 125 Å². The van der Waals surface area contributed by atoms with Crippen LogP contribution in [-0.4, -0.2) is 23.0 Å². The Morgan fingerprint density at radius 1 is 1.24 bits per heavy atom. The summed E-state index contributed by atoms with van der Waals surface area (Å²) in [6.07, 6.45) is 1.92. The van der Waals surface area contributed by atoms with Crippen molar-refractivity contribution in [2.24, 2.45) is 5.92 Å². The number of benzene rings is 1. The van der Waals surface area contributed by atoms with E-state index in [4.69, 9.17) is 5.11 Å². The van der Waals surface area contributed by atoms with Gasteiger partial charge in [-0.25, -0.2) is 0 Å². The van der Waals surface area contributed by atoms with Crippen LogP contribution in [-0.2, 0) is 15.0 Å². The normalized spacial score (nSPS) is 22.0. The van der Waals surface area contributed by atoms with E-state index in [1.807, 2.05) is 45.0 Å². The van der Waals surface area contributed by atoms with Gasteiger partial charge in [-0.1, -0.05) is 24.3 Å². The SMILES string of the molecule is Cc1ccccc1C(C)(C)C(=O)N[C@H]1CC[C@@H](C(=O)O)C1. The van der Waals surface area contributed by atoms with E-state index in [1.165, 1.54) is 0 Å². The first-order valence-electron chi connectivity index (χ1n) is 7.42. The lowest BCUT2D eigenvalue weighted by Crippen LogP contribution is -2.44. The minimum Gasteiger partial charge on any atom is -0.481 e. The Morgan fingerprint density at radius 3 is 2.48 bits per heavy atom. The average molecular weight is 289 g/mol. The van der Waals surface area contributed by atoms with Crippen LogP contribution in [0, 0.1) is 12.8 Å². The molecule has 21 heavy (non-hydrogen) atoms. The molecule has 1 aromatic rings. The molecule has 1 fully saturated rings. The van der Waals surface area contributed by atoms with E-state index < -0.39 is 11.4 Å². The summed E-state index contributed by atoms with van der Waals surface area (Å²) in [4.78, 5) is 23.6. The minimum absolute atomic E-state index is 0.0260. The maximum Gasteiger partial charge on any atom is 0.306 e. The van der Waals surface area contributed by atoms with Crippen LogP contribution < -0.4 is 5.32 Å². The zero-order valence-electron chi connectivity index (χ0n) is 12.8. The van der Waals surface area contributed by atoms with Gasteiger partial charge < -0.3 is 10.4 Å². The van der Waals surface area contributed by atoms with Gasteiger partial charge in [-0.2, -0.15) is 0 Å². The van der Waals surface area contributed by atoms with Crippen LogP contribution in [0.2, 0.25) is 0 Å². The molecule has 0 bridgehead atoms. The quantitative estimate of drug-likeness (QED) is 0.895. The third-order valence-corrected chi connectivity index (χ3v) is 4.50. The first-order chi connectivity index (χ1) is 9.82. The van der Waals surface area contributed by atoms with Gasteiger partial charge in [0.05, 0.1) is 11.3 Å². The summed E-state index contributed by atoms with van der Waals surface area (Å²) in [5, 5.41) is 12.1. The summed E-state index contributed by atoms with van der Waals surface area (Å²) < 4.78 is 0. The molecule has 114 valence electrons. The highest BCUT2D eigenvalue weighted by atomic mass is 16.4. The molecule has 2 rings (SSSR count). The number of rotatable bonds is 4. The third-order valence-electron chi connectivity index (χ3n) is 4.50. The lowest BCUT2D eigenvalue weighted by molar-refractivity contribution is -0.141. The zero-order chi connectivity index (χ0) is 15.6. The third kappa shape index (κ3) is 3.26. The van der Waals surface area contributed by atoms with Crippen LogP contribution in [0.25, 0.3) is 0 Å². The maximum absolute atomic E-state index is 12.6. The van der Waals surface area contributed by atoms with E-state index in [-0.39, 0.29) is 17.9 Å². The van der Waals surface area contributed by atoms with Gasteiger partial charge in [-0.15, -0.1) is 0 Å². The number of hydrogen-bond acceptors (Lipinski definition) is 2. The Hall–Kier alpha value is -1.84. The molecule has 1 aliphatic carbocycles. The van der Waals surface area contributed by atoms with Crippen LogP contribution in [0.1, 0.15) is 44.2 Å². The molecule has 4 nitrogen and oxygen atoms in total. The van der Waals surface area contributed by atoms with E-state index in [0.29, 0.717) is 12.8 Å². The van der Waals surface area contributed by atoms with Gasteiger partial charge in [0.1, 0.15) is 0 Å². The molecule has 4 heteroatoms. The number of nitrogens with one attached hydrogen (secondary N) is 1. The standard InChI is InChI=1S/C17H23NO3/c1-11-6-4-5-7-14(11)17(2,3)16(21)18-13-9-8-12(10-13)15(19)20/h4-7,12-13H,8-10H2,1-3H3,(H,18,21)(H,19,20)/t12-,13+/m1/s1. The highest BCUT2D eigenvalue weighted by Gasteiger charge is 2.35. The van der Waals surface area contributed by atoms with E-state index in [1.54, 1.807) is 0 Å². The smallest absolute Gasteiger partial charge is 0.306 e. The number of carboxylic acids is 1. The fourth-order valence-electron chi connectivity index (χ4n) is 3.10. The lowest BCUT2D eigenvalue weighted by Gasteiger charge is -2.28. The van der Waals surface area contributed by atoms with Crippen molar-refractivity contribution in [3.8, 4) is 0 Å². The summed E-state index contributed by atoms with van der Waals surface area (Å²) in [6, 6.07) is 7.85. The predicted molar refractivity (Wildman–Crippen MR) is 81.1 cm³/mol. The molecule has 1 aliphatic rings. The maximum atomic E-state index is 12.6. The molecule has 0 saturated heterocycles. The van der Waals surface area contributed by atoms with Crippen molar-refractivity contribution in [3.63, 3.8) is 0 Å². The van der Waals surface area contributed by atoms with Crippen LogP contribution >= 0.6 is 0 Å². The molecule has 1 saturated carbocycles. The molecule has 0 aromatic heterocycles. The second kappa shape index (κ2) is 5.88. The molecule has 2 N–H and O–H groups in total. The van der Waals surface area contributed by atoms with E-state index in [2.05, 4.69) is 5.32 Å². The highest BCUT2D eigenvalue weighted by molar-refractivity contribution is 5.88. The van der Waals surface area contributed by atoms with Crippen molar-refractivity contribution in [2.45, 2.75) is 51.5 Å². The van der Waals surface area contributed by atoms with Crippen molar-refractivity contribution in [3.05, 3.63) is 35.4 Å². The van der Waals surface area contributed by atoms with Gasteiger partial charge in [0.2, 0.25) is 5.91 Å². The van der Waals surface area contributed by atoms with E-state index in [9.17, 15) is 9.59 Å². The summed E-state index contributed by atoms with van der Waals surface area (Å²) >= 11 is 0. The molecule has 0 radical (unpaired) electrons. The number of carbonyl (C=O) groups is 2. The van der Waals surface area contributed by atoms with Crippen molar-refractivity contribution in [1.82, 2.24) is 5.32 Å². The number of carbonyl (C=O) groups excluding carboxylic acids is 1. The number of aryl methyl sites for hydroxylation is 1. The number of hydrogen-bond donors (Lipinski definition) is 2. The zero-order valence-corrected chi connectivity index (χ0v) is 12.8. The first kappa shape index (κ1) is 15.5. The number of amides is 1. The van der Waals surface area contributed by atoms with Crippen LogP contribution in [0.15, 0.2) is 24.3 Å². The second-order valence-electron chi connectivity index (χ2n) is 6.46. The minimum atomic E-state index is -0.759. The van der Waals surface area contributed by atoms with Gasteiger partial charge in [0.25, 0.3) is 0 Å². The predicted octanol–water partition coefficient (Wildman–Crippen LogP) is 2.64.